The van der Waals surface area contributed by atoms with Gasteiger partial charge in [-0.25, -0.2) is 9.96 Å². The number of hydrogen-bond acceptors (Lipinski definition) is 5. The molecule has 2 aliphatic heterocycles. The fraction of sp³-hybridized carbons (Fsp3) is 0.286. The number of para-hydroxylation sites is 1. The lowest BCUT2D eigenvalue weighted by molar-refractivity contribution is -0.126. The number of anilines is 2. The van der Waals surface area contributed by atoms with Crippen molar-refractivity contribution in [2.45, 2.75) is 38.3 Å². The van der Waals surface area contributed by atoms with E-state index < -0.39 is 18.1 Å². The number of unbranched alkanes of at least 4 members (excludes halogenated alkanes) is 2. The molecule has 2 fully saturated rings. The van der Waals surface area contributed by atoms with Crippen LogP contribution in [0.1, 0.15) is 37.8 Å². The number of rotatable bonds is 8. The van der Waals surface area contributed by atoms with Crippen molar-refractivity contribution in [3.8, 4) is 5.75 Å². The molecule has 0 aromatic heterocycles. The van der Waals surface area contributed by atoms with Gasteiger partial charge in [0.25, 0.3) is 5.91 Å². The first kappa shape index (κ1) is 22.2. The number of nitrogens with zero attached hydrogens (tertiary/aromatic N) is 2. The number of carbonyl (C=O) groups is 2. The van der Waals surface area contributed by atoms with Gasteiger partial charge in [-0.05, 0) is 48.4 Å². The third-order valence-electron chi connectivity index (χ3n) is 6.38. The molecule has 2 saturated heterocycles. The lowest BCUT2D eigenvalue weighted by Crippen LogP contribution is -2.37. The summed E-state index contributed by atoms with van der Waals surface area (Å²) in [6.07, 6.45) is 2.39. The van der Waals surface area contributed by atoms with Crippen LogP contribution in [0.3, 0.4) is 0 Å². The fourth-order valence-corrected chi connectivity index (χ4v) is 4.69. The maximum Gasteiger partial charge on any atom is 0.266 e. The van der Waals surface area contributed by atoms with Crippen LogP contribution in [0.5, 0.6) is 5.75 Å². The van der Waals surface area contributed by atoms with Crippen molar-refractivity contribution in [3.05, 3.63) is 90.5 Å². The maximum atomic E-state index is 13.7. The van der Waals surface area contributed by atoms with Crippen molar-refractivity contribution in [1.82, 2.24) is 0 Å². The number of fused-ring (bicyclic) bond motifs is 1. The Bertz CT molecular complexity index is 1130. The predicted molar refractivity (Wildman–Crippen MR) is 130 cm³/mol. The molecular weight excluding hydrogens is 428 g/mol. The van der Waals surface area contributed by atoms with Gasteiger partial charge >= 0.3 is 0 Å². The van der Waals surface area contributed by atoms with Gasteiger partial charge in [-0.1, -0.05) is 68.3 Å². The Morgan fingerprint density at radius 3 is 2.15 bits per heavy atom. The number of amides is 2. The Labute approximate surface area is 199 Å². The Kier molecular flexibility index (Phi) is 6.32. The third-order valence-corrected chi connectivity index (χ3v) is 6.38. The summed E-state index contributed by atoms with van der Waals surface area (Å²) in [5.41, 5.74) is 2.27. The summed E-state index contributed by atoms with van der Waals surface area (Å²) in [4.78, 5) is 34.5. The van der Waals surface area contributed by atoms with Crippen LogP contribution >= 0.6 is 0 Å². The predicted octanol–water partition coefficient (Wildman–Crippen LogP) is 5.31. The van der Waals surface area contributed by atoms with Crippen molar-refractivity contribution in [3.63, 3.8) is 0 Å². The molecule has 0 unspecified atom stereocenters. The lowest BCUT2D eigenvalue weighted by atomic mass is 9.90. The number of hydroxylamine groups is 1. The third kappa shape index (κ3) is 4.05. The highest BCUT2D eigenvalue weighted by Crippen LogP contribution is 2.47. The van der Waals surface area contributed by atoms with Gasteiger partial charge in [0.2, 0.25) is 5.91 Å². The number of hydrogen-bond donors (Lipinski definition) is 0. The van der Waals surface area contributed by atoms with Crippen LogP contribution in [0.2, 0.25) is 0 Å². The molecule has 0 spiro atoms. The molecule has 6 heteroatoms. The van der Waals surface area contributed by atoms with Crippen LogP contribution in [0, 0.1) is 5.92 Å². The Morgan fingerprint density at radius 1 is 0.794 bits per heavy atom. The van der Waals surface area contributed by atoms with Gasteiger partial charge in [-0.15, -0.1) is 0 Å². The number of benzene rings is 3. The average Bonchev–Trinajstić information content (AvgIpc) is 3.39. The van der Waals surface area contributed by atoms with E-state index >= 15 is 0 Å². The van der Waals surface area contributed by atoms with E-state index in [1.807, 2.05) is 72.8 Å². The van der Waals surface area contributed by atoms with Crippen molar-refractivity contribution in [2.75, 3.05) is 16.6 Å². The van der Waals surface area contributed by atoms with Crippen molar-refractivity contribution < 1.29 is 19.2 Å². The molecule has 0 N–H and O–H groups in total. The summed E-state index contributed by atoms with van der Waals surface area (Å²) in [6.45, 7) is 2.81. The highest BCUT2D eigenvalue weighted by molar-refractivity contribution is 6.23. The zero-order valence-electron chi connectivity index (χ0n) is 19.2. The van der Waals surface area contributed by atoms with Crippen LogP contribution in [0.4, 0.5) is 11.4 Å². The van der Waals surface area contributed by atoms with E-state index in [0.717, 1.165) is 36.3 Å². The molecular formula is C28H28N2O4. The monoisotopic (exact) mass is 456 g/mol. The molecule has 0 aliphatic carbocycles. The zero-order chi connectivity index (χ0) is 23.5. The fourth-order valence-electron chi connectivity index (χ4n) is 4.69. The molecule has 34 heavy (non-hydrogen) atoms. The van der Waals surface area contributed by atoms with Gasteiger partial charge in [0.1, 0.15) is 11.7 Å². The van der Waals surface area contributed by atoms with E-state index in [1.165, 1.54) is 4.90 Å². The molecule has 3 aromatic carbocycles. The molecule has 0 saturated carbocycles. The van der Waals surface area contributed by atoms with E-state index in [9.17, 15) is 9.59 Å². The minimum absolute atomic E-state index is 0.251. The van der Waals surface area contributed by atoms with Crippen LogP contribution in [-0.2, 0) is 14.4 Å². The van der Waals surface area contributed by atoms with Gasteiger partial charge in [0.15, 0.2) is 6.10 Å². The summed E-state index contributed by atoms with van der Waals surface area (Å²) >= 11 is 0. The molecule has 174 valence electrons. The van der Waals surface area contributed by atoms with Gasteiger partial charge in [-0.3, -0.25) is 14.4 Å². The van der Waals surface area contributed by atoms with Gasteiger partial charge < -0.3 is 4.74 Å². The first-order chi connectivity index (χ1) is 16.7. The first-order valence-corrected chi connectivity index (χ1v) is 11.9. The molecule has 3 aromatic rings. The highest BCUT2D eigenvalue weighted by Gasteiger charge is 2.60. The van der Waals surface area contributed by atoms with Gasteiger partial charge in [0, 0.05) is 0 Å². The lowest BCUT2D eigenvalue weighted by Gasteiger charge is -2.28. The normalized spacial score (nSPS) is 21.7. The van der Waals surface area contributed by atoms with Crippen LogP contribution < -0.4 is 14.7 Å². The molecule has 0 radical (unpaired) electrons. The van der Waals surface area contributed by atoms with E-state index in [4.69, 9.17) is 9.57 Å². The largest absolute Gasteiger partial charge is 0.494 e. The maximum absolute atomic E-state index is 13.7. The van der Waals surface area contributed by atoms with Gasteiger partial charge in [0.05, 0.1) is 24.0 Å². The Balaban J connectivity index is 1.41. The minimum Gasteiger partial charge on any atom is -0.494 e. The topological polar surface area (TPSA) is 59.1 Å². The molecule has 5 rings (SSSR count). The van der Waals surface area contributed by atoms with E-state index in [0.29, 0.717) is 12.3 Å². The molecule has 6 nitrogen and oxygen atoms in total. The summed E-state index contributed by atoms with van der Waals surface area (Å²) < 4.78 is 5.77. The number of carbonyl (C=O) groups excluding carboxylic acids is 2. The quantitative estimate of drug-likeness (QED) is 0.340. The van der Waals surface area contributed by atoms with Crippen molar-refractivity contribution in [2.24, 2.45) is 5.92 Å². The SMILES string of the molecule is CCCCCOc1ccc(N2C(=O)[C@H]3[C@H](ON(c4ccccc4)[C@H]3c3ccccc3)C2=O)cc1. The molecule has 3 atom stereocenters. The summed E-state index contributed by atoms with van der Waals surface area (Å²) in [7, 11) is 0. The van der Waals surface area contributed by atoms with Crippen LogP contribution in [-0.4, -0.2) is 24.5 Å². The first-order valence-electron chi connectivity index (χ1n) is 11.9. The Morgan fingerprint density at radius 2 is 1.47 bits per heavy atom. The standard InChI is InChI=1S/C28H28N2O4/c1-2-3-10-19-33-23-17-15-21(16-18-23)29-27(31)24-25(20-11-6-4-7-12-20)30(34-26(24)28(29)32)22-13-8-5-9-14-22/h4-9,11-18,24-26H,2-3,10,19H2,1H3/t24-,25+,26+/m1/s1. The molecule has 2 heterocycles. The van der Waals surface area contributed by atoms with Crippen molar-refractivity contribution in [1.29, 1.82) is 0 Å². The second-order valence-electron chi connectivity index (χ2n) is 8.63. The minimum atomic E-state index is -0.872. The number of ether oxygens (including phenoxy) is 1. The van der Waals surface area contributed by atoms with Crippen molar-refractivity contribution >= 4 is 23.2 Å². The van der Waals surface area contributed by atoms with E-state index in [-0.39, 0.29) is 11.8 Å². The van der Waals surface area contributed by atoms with E-state index in [2.05, 4.69) is 6.92 Å². The molecule has 2 aliphatic rings. The summed E-state index contributed by atoms with van der Waals surface area (Å²) in [6, 6.07) is 26.1. The zero-order valence-corrected chi connectivity index (χ0v) is 19.2. The number of imide groups is 1. The second-order valence-corrected chi connectivity index (χ2v) is 8.63. The van der Waals surface area contributed by atoms with Crippen LogP contribution in [0.15, 0.2) is 84.9 Å². The van der Waals surface area contributed by atoms with Gasteiger partial charge in [-0.2, -0.15) is 0 Å². The molecule has 0 bridgehead atoms. The smallest absolute Gasteiger partial charge is 0.266 e. The second kappa shape index (κ2) is 9.69. The van der Waals surface area contributed by atoms with E-state index in [1.54, 1.807) is 17.2 Å². The average molecular weight is 457 g/mol. The summed E-state index contributed by atoms with van der Waals surface area (Å²) in [5, 5.41) is 1.71. The Hall–Kier alpha value is -3.64. The highest BCUT2D eigenvalue weighted by atomic mass is 16.7. The summed E-state index contributed by atoms with van der Waals surface area (Å²) in [5.74, 6) is -0.502. The molecule has 2 amide bonds. The van der Waals surface area contributed by atoms with Crippen LogP contribution in [0.25, 0.3) is 0 Å².